The van der Waals surface area contributed by atoms with Gasteiger partial charge in [0, 0.05) is 30.1 Å². The molecular formula is C19H22N2O2S. The van der Waals surface area contributed by atoms with E-state index in [1.54, 1.807) is 11.3 Å². The van der Waals surface area contributed by atoms with Gasteiger partial charge in [0.2, 0.25) is 0 Å². The molecule has 0 bridgehead atoms. The van der Waals surface area contributed by atoms with Crippen molar-refractivity contribution in [2.45, 2.75) is 33.0 Å². The van der Waals surface area contributed by atoms with Crippen LogP contribution in [0.1, 0.15) is 33.6 Å². The highest BCUT2D eigenvalue weighted by Crippen LogP contribution is 2.23. The Kier molecular flexibility index (Phi) is 5.45. The molecule has 0 saturated carbocycles. The first-order chi connectivity index (χ1) is 11.6. The molecule has 5 heteroatoms. The van der Waals surface area contributed by atoms with E-state index in [0.717, 1.165) is 28.4 Å². The summed E-state index contributed by atoms with van der Waals surface area (Å²) in [5, 5.41) is 16.6. The molecule has 0 spiro atoms. The van der Waals surface area contributed by atoms with Crippen LogP contribution in [0, 0.1) is 13.8 Å². The van der Waals surface area contributed by atoms with Crippen molar-refractivity contribution in [1.29, 1.82) is 0 Å². The summed E-state index contributed by atoms with van der Waals surface area (Å²) in [4.78, 5) is 3.23. The van der Waals surface area contributed by atoms with Crippen molar-refractivity contribution in [3.63, 3.8) is 0 Å². The summed E-state index contributed by atoms with van der Waals surface area (Å²) in [5.74, 6) is 0.844. The van der Waals surface area contributed by atoms with E-state index in [1.807, 2.05) is 49.6 Å². The Morgan fingerprint density at radius 3 is 2.54 bits per heavy atom. The topological polar surface area (TPSA) is 49.5 Å². The number of benzene rings is 1. The lowest BCUT2D eigenvalue weighted by Crippen LogP contribution is -2.28. The molecule has 3 rings (SSSR count). The predicted molar refractivity (Wildman–Crippen MR) is 95.8 cm³/mol. The van der Waals surface area contributed by atoms with Crippen molar-refractivity contribution in [2.75, 3.05) is 6.54 Å². The Hall–Kier alpha value is -1.95. The van der Waals surface area contributed by atoms with Crippen molar-refractivity contribution in [3.8, 4) is 0 Å². The average molecular weight is 342 g/mol. The molecule has 0 aliphatic heterocycles. The fraction of sp³-hybridized carbons (Fsp3) is 0.316. The lowest BCUT2D eigenvalue weighted by atomic mass is 10.1. The summed E-state index contributed by atoms with van der Waals surface area (Å²) >= 11 is 1.59. The predicted octanol–water partition coefficient (Wildman–Crippen LogP) is 4.09. The molecule has 126 valence electrons. The van der Waals surface area contributed by atoms with Crippen LogP contribution in [0.3, 0.4) is 0 Å². The van der Waals surface area contributed by atoms with Crippen LogP contribution in [0.5, 0.6) is 0 Å². The highest BCUT2D eigenvalue weighted by Gasteiger charge is 2.18. The third-order valence-corrected chi connectivity index (χ3v) is 5.09. The van der Waals surface area contributed by atoms with E-state index >= 15 is 0 Å². The van der Waals surface area contributed by atoms with Crippen LogP contribution >= 0.6 is 11.3 Å². The second kappa shape index (κ2) is 7.75. The monoisotopic (exact) mass is 342 g/mol. The summed E-state index contributed by atoms with van der Waals surface area (Å²) in [5.41, 5.74) is 3.24. The summed E-state index contributed by atoms with van der Waals surface area (Å²) in [6, 6.07) is 14.3. The molecule has 0 fully saturated rings. The third kappa shape index (κ3) is 4.12. The molecule has 3 aromatic rings. The van der Waals surface area contributed by atoms with E-state index in [0.29, 0.717) is 13.1 Å². The number of thiophene rings is 1. The van der Waals surface area contributed by atoms with Gasteiger partial charge in [0.15, 0.2) is 0 Å². The standard InChI is InChI=1S/C19H22N2O2S/c1-14-17(15(2)23-20-14)12-21(11-16-7-4-3-5-8-16)13-18(22)19-9-6-10-24-19/h3-10,18,22H,11-13H2,1-2H3. The van der Waals surface area contributed by atoms with Crippen molar-refractivity contribution >= 4 is 11.3 Å². The summed E-state index contributed by atoms with van der Waals surface area (Å²) in [7, 11) is 0. The van der Waals surface area contributed by atoms with Crippen LogP contribution in [0.15, 0.2) is 52.4 Å². The molecule has 1 atom stereocenters. The average Bonchev–Trinajstić information content (AvgIpc) is 3.21. The van der Waals surface area contributed by atoms with Gasteiger partial charge in [-0.2, -0.15) is 0 Å². The zero-order valence-electron chi connectivity index (χ0n) is 14.0. The van der Waals surface area contributed by atoms with Crippen LogP contribution in [0.2, 0.25) is 0 Å². The van der Waals surface area contributed by atoms with Crippen LogP contribution in [0.4, 0.5) is 0 Å². The normalized spacial score (nSPS) is 12.7. The Morgan fingerprint density at radius 2 is 1.92 bits per heavy atom. The Morgan fingerprint density at radius 1 is 1.12 bits per heavy atom. The molecule has 0 aliphatic rings. The molecule has 0 saturated heterocycles. The quantitative estimate of drug-likeness (QED) is 0.703. The fourth-order valence-electron chi connectivity index (χ4n) is 2.79. The number of aliphatic hydroxyl groups is 1. The maximum absolute atomic E-state index is 10.6. The number of aryl methyl sites for hydroxylation is 2. The van der Waals surface area contributed by atoms with E-state index in [-0.39, 0.29) is 0 Å². The van der Waals surface area contributed by atoms with E-state index in [9.17, 15) is 5.11 Å². The van der Waals surface area contributed by atoms with Crippen molar-refractivity contribution in [3.05, 3.63) is 75.3 Å². The van der Waals surface area contributed by atoms with Crippen LogP contribution in [-0.4, -0.2) is 21.7 Å². The Labute approximate surface area is 146 Å². The van der Waals surface area contributed by atoms with Gasteiger partial charge in [-0.3, -0.25) is 4.90 Å². The maximum atomic E-state index is 10.6. The first-order valence-corrected chi connectivity index (χ1v) is 8.91. The number of hydrogen-bond donors (Lipinski definition) is 1. The van der Waals surface area contributed by atoms with Crippen LogP contribution in [-0.2, 0) is 13.1 Å². The molecule has 1 aromatic carbocycles. The van der Waals surface area contributed by atoms with Gasteiger partial charge in [-0.1, -0.05) is 41.6 Å². The molecule has 1 unspecified atom stereocenters. The van der Waals surface area contributed by atoms with Gasteiger partial charge in [0.25, 0.3) is 0 Å². The molecule has 4 nitrogen and oxygen atoms in total. The number of nitrogens with zero attached hydrogens (tertiary/aromatic N) is 2. The van der Waals surface area contributed by atoms with Crippen molar-refractivity contribution in [1.82, 2.24) is 10.1 Å². The van der Waals surface area contributed by atoms with Gasteiger partial charge >= 0.3 is 0 Å². The minimum atomic E-state index is -0.491. The van der Waals surface area contributed by atoms with E-state index in [4.69, 9.17) is 4.52 Å². The molecule has 0 aliphatic carbocycles. The minimum absolute atomic E-state index is 0.491. The molecule has 2 aromatic heterocycles. The number of aliphatic hydroxyl groups excluding tert-OH is 1. The highest BCUT2D eigenvalue weighted by atomic mass is 32.1. The second-order valence-electron chi connectivity index (χ2n) is 5.99. The maximum Gasteiger partial charge on any atom is 0.138 e. The molecule has 1 N–H and O–H groups in total. The number of aromatic nitrogens is 1. The second-order valence-corrected chi connectivity index (χ2v) is 6.97. The Bertz CT molecular complexity index is 734. The van der Waals surface area contributed by atoms with Gasteiger partial charge in [-0.05, 0) is 30.9 Å². The fourth-order valence-corrected chi connectivity index (χ4v) is 3.50. The first-order valence-electron chi connectivity index (χ1n) is 8.03. The van der Waals surface area contributed by atoms with E-state index in [2.05, 4.69) is 22.2 Å². The van der Waals surface area contributed by atoms with Crippen molar-refractivity contribution in [2.24, 2.45) is 0 Å². The summed E-state index contributed by atoms with van der Waals surface area (Å²) < 4.78 is 5.29. The molecule has 0 radical (unpaired) electrons. The summed E-state index contributed by atoms with van der Waals surface area (Å²) in [6.45, 7) is 5.94. The van der Waals surface area contributed by atoms with Gasteiger partial charge in [0.05, 0.1) is 5.69 Å². The summed E-state index contributed by atoms with van der Waals surface area (Å²) in [6.07, 6.45) is -0.491. The number of rotatable bonds is 7. The van der Waals surface area contributed by atoms with Gasteiger partial charge in [0.1, 0.15) is 11.9 Å². The minimum Gasteiger partial charge on any atom is -0.386 e. The third-order valence-electron chi connectivity index (χ3n) is 4.11. The first kappa shape index (κ1) is 16.9. The number of hydrogen-bond acceptors (Lipinski definition) is 5. The van der Waals surface area contributed by atoms with Gasteiger partial charge in [-0.25, -0.2) is 0 Å². The zero-order chi connectivity index (χ0) is 16.9. The van der Waals surface area contributed by atoms with Crippen LogP contribution < -0.4 is 0 Å². The molecular weight excluding hydrogens is 320 g/mol. The van der Waals surface area contributed by atoms with E-state index < -0.39 is 6.10 Å². The van der Waals surface area contributed by atoms with E-state index in [1.165, 1.54) is 5.56 Å². The van der Waals surface area contributed by atoms with Gasteiger partial charge < -0.3 is 9.63 Å². The molecule has 0 amide bonds. The Balaban J connectivity index is 1.77. The van der Waals surface area contributed by atoms with Crippen LogP contribution in [0.25, 0.3) is 0 Å². The molecule has 2 heterocycles. The lowest BCUT2D eigenvalue weighted by Gasteiger charge is -2.25. The van der Waals surface area contributed by atoms with Gasteiger partial charge in [-0.15, -0.1) is 11.3 Å². The zero-order valence-corrected chi connectivity index (χ0v) is 14.8. The smallest absolute Gasteiger partial charge is 0.138 e. The highest BCUT2D eigenvalue weighted by molar-refractivity contribution is 7.10. The largest absolute Gasteiger partial charge is 0.386 e. The molecule has 24 heavy (non-hydrogen) atoms. The lowest BCUT2D eigenvalue weighted by molar-refractivity contribution is 0.107. The SMILES string of the molecule is Cc1noc(C)c1CN(Cc1ccccc1)CC(O)c1cccs1. The van der Waals surface area contributed by atoms with Crippen molar-refractivity contribution < 1.29 is 9.63 Å².